The van der Waals surface area contributed by atoms with Crippen LogP contribution in [0.5, 0.6) is 0 Å². The van der Waals surface area contributed by atoms with Gasteiger partial charge in [-0.2, -0.15) is 5.26 Å². The molecule has 94 valence electrons. The molecular formula is C15H12N2O2. The first kappa shape index (κ1) is 12.7. The molecule has 0 bridgehead atoms. The molecule has 0 fully saturated rings. The monoisotopic (exact) mass is 252 g/mol. The molecule has 2 N–H and O–H groups in total. The van der Waals surface area contributed by atoms with Crippen LogP contribution >= 0.6 is 0 Å². The molecule has 2 rings (SSSR count). The van der Waals surface area contributed by atoms with Gasteiger partial charge in [0.05, 0.1) is 11.6 Å². The Hall–Kier alpha value is -2.80. The number of rotatable bonds is 3. The van der Waals surface area contributed by atoms with E-state index in [0.29, 0.717) is 5.56 Å². The van der Waals surface area contributed by atoms with Gasteiger partial charge in [0.15, 0.2) is 0 Å². The molecule has 0 aromatic heterocycles. The van der Waals surface area contributed by atoms with E-state index in [4.69, 9.17) is 15.7 Å². The molecule has 4 heteroatoms. The molecule has 0 saturated heterocycles. The van der Waals surface area contributed by atoms with Crippen LogP contribution in [0.15, 0.2) is 48.5 Å². The third kappa shape index (κ3) is 3.33. The highest BCUT2D eigenvalue weighted by Gasteiger charge is 2.00. The Morgan fingerprint density at radius 1 is 1.05 bits per heavy atom. The maximum Gasteiger partial charge on any atom is 0.404 e. The topological polar surface area (TPSA) is 76.1 Å². The molecule has 0 radical (unpaired) electrons. The summed E-state index contributed by atoms with van der Waals surface area (Å²) in [4.78, 5) is 10.5. The quantitative estimate of drug-likeness (QED) is 0.912. The van der Waals surface area contributed by atoms with E-state index in [-0.39, 0.29) is 6.61 Å². The molecule has 19 heavy (non-hydrogen) atoms. The Morgan fingerprint density at radius 3 is 2.05 bits per heavy atom. The van der Waals surface area contributed by atoms with Crippen LogP contribution in [-0.4, -0.2) is 6.09 Å². The van der Waals surface area contributed by atoms with Crippen LogP contribution in [0.4, 0.5) is 4.79 Å². The van der Waals surface area contributed by atoms with E-state index < -0.39 is 6.09 Å². The molecule has 0 aliphatic carbocycles. The number of nitriles is 1. The van der Waals surface area contributed by atoms with Crippen LogP contribution in [0.2, 0.25) is 0 Å². The van der Waals surface area contributed by atoms with Crippen molar-refractivity contribution in [3.05, 3.63) is 59.7 Å². The van der Waals surface area contributed by atoms with Crippen molar-refractivity contribution in [1.29, 1.82) is 5.26 Å². The second-order valence-electron chi connectivity index (χ2n) is 3.99. The summed E-state index contributed by atoms with van der Waals surface area (Å²) in [6.45, 7) is 0.170. The number of benzene rings is 2. The van der Waals surface area contributed by atoms with Gasteiger partial charge in [0.1, 0.15) is 6.61 Å². The fourth-order valence-electron chi connectivity index (χ4n) is 1.69. The number of nitrogens with two attached hydrogens (primary N) is 1. The van der Waals surface area contributed by atoms with E-state index in [1.165, 1.54) is 0 Å². The predicted octanol–water partition coefficient (Wildman–Crippen LogP) is 2.82. The second-order valence-corrected chi connectivity index (χ2v) is 3.99. The molecule has 0 spiro atoms. The molecule has 4 nitrogen and oxygen atoms in total. The van der Waals surface area contributed by atoms with Gasteiger partial charge in [0.25, 0.3) is 0 Å². The summed E-state index contributed by atoms with van der Waals surface area (Å²) in [6, 6.07) is 17.0. The zero-order valence-corrected chi connectivity index (χ0v) is 10.2. The first-order chi connectivity index (χ1) is 9.19. The normalized spacial score (nSPS) is 9.63. The van der Waals surface area contributed by atoms with Gasteiger partial charge >= 0.3 is 6.09 Å². The summed E-state index contributed by atoms with van der Waals surface area (Å²) in [7, 11) is 0. The van der Waals surface area contributed by atoms with Crippen molar-refractivity contribution in [2.45, 2.75) is 6.61 Å². The molecule has 0 atom stereocenters. The maximum atomic E-state index is 10.5. The van der Waals surface area contributed by atoms with Crippen LogP contribution in [-0.2, 0) is 11.3 Å². The first-order valence-electron chi connectivity index (χ1n) is 5.71. The lowest BCUT2D eigenvalue weighted by Gasteiger charge is -2.05. The number of amides is 1. The molecule has 0 aliphatic heterocycles. The van der Waals surface area contributed by atoms with Gasteiger partial charge in [-0.05, 0) is 28.8 Å². The van der Waals surface area contributed by atoms with Crippen molar-refractivity contribution in [3.63, 3.8) is 0 Å². The van der Waals surface area contributed by atoms with Crippen LogP contribution < -0.4 is 5.73 Å². The van der Waals surface area contributed by atoms with Gasteiger partial charge in [0.2, 0.25) is 0 Å². The standard InChI is InChI=1S/C15H12N2O2/c16-9-11-1-5-13(6-2-11)14-7-3-12(4-8-14)10-19-15(17)18/h1-8H,10H2,(H2,17,18). The highest BCUT2D eigenvalue weighted by atomic mass is 16.5. The second kappa shape index (κ2) is 5.69. The number of primary amides is 1. The number of hydrogen-bond donors (Lipinski definition) is 1. The van der Waals surface area contributed by atoms with Crippen LogP contribution in [0, 0.1) is 11.3 Å². The van der Waals surface area contributed by atoms with E-state index in [9.17, 15) is 4.79 Å². The molecule has 1 amide bonds. The lowest BCUT2D eigenvalue weighted by Crippen LogP contribution is -2.12. The van der Waals surface area contributed by atoms with Crippen molar-refractivity contribution in [2.24, 2.45) is 5.73 Å². The number of carbonyl (C=O) groups is 1. The van der Waals surface area contributed by atoms with E-state index in [1.54, 1.807) is 12.1 Å². The zero-order valence-electron chi connectivity index (χ0n) is 10.2. The fraction of sp³-hybridized carbons (Fsp3) is 0.0667. The molecule has 2 aromatic rings. The molecule has 0 heterocycles. The number of ether oxygens (including phenoxy) is 1. The third-order valence-electron chi connectivity index (χ3n) is 2.68. The SMILES string of the molecule is N#Cc1ccc(-c2ccc(COC(N)=O)cc2)cc1. The molecule has 0 unspecified atom stereocenters. The van der Waals surface area contributed by atoms with Gasteiger partial charge in [-0.15, -0.1) is 0 Å². The Labute approximate surface area is 111 Å². The van der Waals surface area contributed by atoms with Crippen molar-refractivity contribution in [3.8, 4) is 17.2 Å². The maximum absolute atomic E-state index is 10.5. The van der Waals surface area contributed by atoms with E-state index >= 15 is 0 Å². The molecule has 0 saturated carbocycles. The Morgan fingerprint density at radius 2 is 1.58 bits per heavy atom. The summed E-state index contributed by atoms with van der Waals surface area (Å²) in [5, 5.41) is 8.74. The van der Waals surface area contributed by atoms with Gasteiger partial charge in [-0.25, -0.2) is 4.79 Å². The van der Waals surface area contributed by atoms with Crippen molar-refractivity contribution in [2.75, 3.05) is 0 Å². The number of hydrogen-bond acceptors (Lipinski definition) is 3. The predicted molar refractivity (Wildman–Crippen MR) is 71.0 cm³/mol. The summed E-state index contributed by atoms with van der Waals surface area (Å²) in [5.74, 6) is 0. The van der Waals surface area contributed by atoms with Crippen molar-refractivity contribution < 1.29 is 9.53 Å². The lowest BCUT2D eigenvalue weighted by molar-refractivity contribution is 0.150. The van der Waals surface area contributed by atoms with Crippen molar-refractivity contribution in [1.82, 2.24) is 0 Å². The highest BCUT2D eigenvalue weighted by Crippen LogP contribution is 2.20. The third-order valence-corrected chi connectivity index (χ3v) is 2.68. The van der Waals surface area contributed by atoms with Crippen LogP contribution in [0.1, 0.15) is 11.1 Å². The average Bonchev–Trinajstić information content (AvgIpc) is 2.46. The summed E-state index contributed by atoms with van der Waals surface area (Å²) in [5.41, 5.74) is 8.47. The Balaban J connectivity index is 2.13. The van der Waals surface area contributed by atoms with Gasteiger partial charge in [0, 0.05) is 0 Å². The van der Waals surface area contributed by atoms with Gasteiger partial charge in [-0.3, -0.25) is 0 Å². The molecular weight excluding hydrogens is 240 g/mol. The molecule has 0 aliphatic rings. The Kier molecular flexibility index (Phi) is 3.79. The van der Waals surface area contributed by atoms with Crippen molar-refractivity contribution >= 4 is 6.09 Å². The Bertz CT molecular complexity index is 610. The highest BCUT2D eigenvalue weighted by molar-refractivity contribution is 5.65. The smallest absolute Gasteiger partial charge is 0.404 e. The number of nitrogens with zero attached hydrogens (tertiary/aromatic N) is 1. The van der Waals surface area contributed by atoms with Gasteiger partial charge in [-0.1, -0.05) is 36.4 Å². The first-order valence-corrected chi connectivity index (χ1v) is 5.71. The zero-order chi connectivity index (χ0) is 13.7. The van der Waals surface area contributed by atoms with E-state index in [1.807, 2.05) is 36.4 Å². The van der Waals surface area contributed by atoms with Gasteiger partial charge < -0.3 is 10.5 Å². The summed E-state index contributed by atoms with van der Waals surface area (Å²) in [6.07, 6.45) is -0.781. The minimum absolute atomic E-state index is 0.170. The fourth-order valence-corrected chi connectivity index (χ4v) is 1.69. The van der Waals surface area contributed by atoms with E-state index in [0.717, 1.165) is 16.7 Å². The average molecular weight is 252 g/mol. The largest absolute Gasteiger partial charge is 0.445 e. The van der Waals surface area contributed by atoms with Crippen LogP contribution in [0.25, 0.3) is 11.1 Å². The van der Waals surface area contributed by atoms with E-state index in [2.05, 4.69) is 6.07 Å². The lowest BCUT2D eigenvalue weighted by atomic mass is 10.0. The summed E-state index contributed by atoms with van der Waals surface area (Å²) >= 11 is 0. The number of carbonyl (C=O) groups excluding carboxylic acids is 1. The van der Waals surface area contributed by atoms with Crippen LogP contribution in [0.3, 0.4) is 0 Å². The summed E-state index contributed by atoms with van der Waals surface area (Å²) < 4.78 is 4.71. The minimum Gasteiger partial charge on any atom is -0.445 e. The molecule has 2 aromatic carbocycles. The minimum atomic E-state index is -0.781.